The number of nitrogens with one attached hydrogen (secondary N) is 1. The highest BCUT2D eigenvalue weighted by Gasteiger charge is 2.01. The molecule has 0 aliphatic carbocycles. The highest BCUT2D eigenvalue weighted by atomic mass is 16.3. The fourth-order valence-corrected chi connectivity index (χ4v) is 1.54. The van der Waals surface area contributed by atoms with Crippen LogP contribution in [0.25, 0.3) is 22.2 Å². The minimum atomic E-state index is 0.900. The summed E-state index contributed by atoms with van der Waals surface area (Å²) < 4.78 is 5.32. The summed E-state index contributed by atoms with van der Waals surface area (Å²) in [6, 6.07) is 9.97. The Kier molecular flexibility index (Phi) is 1.44. The SMILES string of the molecule is c1cc(-c2ccc3ccoc3c2)[nH]n1. The van der Waals surface area contributed by atoms with Crippen molar-refractivity contribution in [1.82, 2.24) is 10.2 Å². The van der Waals surface area contributed by atoms with Crippen molar-refractivity contribution in [2.75, 3.05) is 0 Å². The molecule has 0 aliphatic rings. The van der Waals surface area contributed by atoms with Crippen molar-refractivity contribution in [3.8, 4) is 11.3 Å². The summed E-state index contributed by atoms with van der Waals surface area (Å²) in [5.74, 6) is 0. The van der Waals surface area contributed by atoms with Crippen molar-refractivity contribution >= 4 is 11.0 Å². The largest absolute Gasteiger partial charge is 0.464 e. The van der Waals surface area contributed by atoms with E-state index in [2.05, 4.69) is 10.2 Å². The van der Waals surface area contributed by atoms with Crippen LogP contribution >= 0.6 is 0 Å². The molecular weight excluding hydrogens is 176 g/mol. The first-order valence-corrected chi connectivity index (χ1v) is 4.40. The summed E-state index contributed by atoms with van der Waals surface area (Å²) in [5.41, 5.74) is 2.99. The van der Waals surface area contributed by atoms with Crippen LogP contribution < -0.4 is 0 Å². The average molecular weight is 184 g/mol. The van der Waals surface area contributed by atoms with Gasteiger partial charge in [0.05, 0.1) is 12.0 Å². The minimum absolute atomic E-state index is 0.900. The average Bonchev–Trinajstić information content (AvgIpc) is 2.88. The Balaban J connectivity index is 2.23. The maximum atomic E-state index is 5.32. The Hall–Kier alpha value is -2.03. The van der Waals surface area contributed by atoms with E-state index in [1.54, 1.807) is 12.5 Å². The van der Waals surface area contributed by atoms with Crippen molar-refractivity contribution in [3.63, 3.8) is 0 Å². The number of hydrogen-bond donors (Lipinski definition) is 1. The van der Waals surface area contributed by atoms with Crippen LogP contribution in [0, 0.1) is 0 Å². The Labute approximate surface area is 80.4 Å². The Morgan fingerprint density at radius 1 is 1.14 bits per heavy atom. The number of aromatic nitrogens is 2. The topological polar surface area (TPSA) is 41.8 Å². The number of nitrogens with zero attached hydrogens (tertiary/aromatic N) is 1. The molecule has 3 nitrogen and oxygen atoms in total. The zero-order valence-electron chi connectivity index (χ0n) is 7.40. The van der Waals surface area contributed by atoms with Gasteiger partial charge in [-0.15, -0.1) is 0 Å². The molecule has 0 radical (unpaired) electrons. The molecule has 3 aromatic rings. The molecule has 0 bridgehead atoms. The van der Waals surface area contributed by atoms with Gasteiger partial charge in [0.2, 0.25) is 0 Å². The van der Waals surface area contributed by atoms with Crippen LogP contribution in [-0.4, -0.2) is 10.2 Å². The van der Waals surface area contributed by atoms with Crippen LogP contribution in [0.4, 0.5) is 0 Å². The van der Waals surface area contributed by atoms with E-state index in [-0.39, 0.29) is 0 Å². The van der Waals surface area contributed by atoms with Gasteiger partial charge in [0.25, 0.3) is 0 Å². The normalized spacial score (nSPS) is 10.9. The van der Waals surface area contributed by atoms with E-state index in [0.717, 1.165) is 22.2 Å². The number of hydrogen-bond acceptors (Lipinski definition) is 2. The first-order valence-electron chi connectivity index (χ1n) is 4.40. The third kappa shape index (κ3) is 1.03. The number of furan rings is 1. The van der Waals surface area contributed by atoms with Gasteiger partial charge in [-0.1, -0.05) is 12.1 Å². The summed E-state index contributed by atoms with van der Waals surface area (Å²) in [6.45, 7) is 0. The van der Waals surface area contributed by atoms with Gasteiger partial charge in [-0.25, -0.2) is 0 Å². The van der Waals surface area contributed by atoms with E-state index in [0.29, 0.717) is 0 Å². The number of benzene rings is 1. The van der Waals surface area contributed by atoms with E-state index < -0.39 is 0 Å². The molecule has 1 aromatic carbocycles. The Morgan fingerprint density at radius 3 is 3.00 bits per heavy atom. The van der Waals surface area contributed by atoms with Crippen LogP contribution in [0.15, 0.2) is 47.2 Å². The Bertz CT molecular complexity index is 551. The summed E-state index contributed by atoms with van der Waals surface area (Å²) in [7, 11) is 0. The van der Waals surface area contributed by atoms with Crippen LogP contribution in [0.1, 0.15) is 0 Å². The smallest absolute Gasteiger partial charge is 0.134 e. The fraction of sp³-hybridized carbons (Fsp3) is 0. The van der Waals surface area contributed by atoms with Gasteiger partial charge < -0.3 is 4.42 Å². The molecule has 0 aliphatic heterocycles. The van der Waals surface area contributed by atoms with Gasteiger partial charge in [-0.3, -0.25) is 5.10 Å². The predicted octanol–water partition coefficient (Wildman–Crippen LogP) is 2.82. The second-order valence-electron chi connectivity index (χ2n) is 3.14. The second kappa shape index (κ2) is 2.73. The zero-order chi connectivity index (χ0) is 9.38. The van der Waals surface area contributed by atoms with Crippen LogP contribution in [0.3, 0.4) is 0 Å². The molecule has 1 N–H and O–H groups in total. The van der Waals surface area contributed by atoms with Gasteiger partial charge >= 0.3 is 0 Å². The van der Waals surface area contributed by atoms with Crippen molar-refractivity contribution in [2.45, 2.75) is 0 Å². The molecule has 0 saturated carbocycles. The van der Waals surface area contributed by atoms with Gasteiger partial charge in [0.1, 0.15) is 5.58 Å². The monoisotopic (exact) mass is 184 g/mol. The van der Waals surface area contributed by atoms with E-state index in [4.69, 9.17) is 4.42 Å². The summed E-state index contributed by atoms with van der Waals surface area (Å²) in [4.78, 5) is 0. The molecule has 0 spiro atoms. The maximum absolute atomic E-state index is 5.32. The third-order valence-electron chi connectivity index (χ3n) is 2.27. The molecular formula is C11H8N2O. The van der Waals surface area contributed by atoms with E-state index >= 15 is 0 Å². The summed E-state index contributed by atoms with van der Waals surface area (Å²) >= 11 is 0. The standard InChI is InChI=1S/C11H8N2O/c1-2-9(10-3-5-12-13-10)7-11-8(1)4-6-14-11/h1-7H,(H,12,13). The molecule has 0 amide bonds. The fourth-order valence-electron chi connectivity index (χ4n) is 1.54. The van der Waals surface area contributed by atoms with Gasteiger partial charge in [-0.05, 0) is 18.2 Å². The molecule has 2 heterocycles. The minimum Gasteiger partial charge on any atom is -0.464 e. The van der Waals surface area contributed by atoms with E-state index in [1.165, 1.54) is 0 Å². The van der Waals surface area contributed by atoms with Gasteiger partial charge in [0, 0.05) is 17.1 Å². The van der Waals surface area contributed by atoms with Gasteiger partial charge in [0.15, 0.2) is 0 Å². The predicted molar refractivity (Wildman–Crippen MR) is 53.8 cm³/mol. The van der Waals surface area contributed by atoms with Crippen molar-refractivity contribution < 1.29 is 4.42 Å². The second-order valence-corrected chi connectivity index (χ2v) is 3.14. The molecule has 3 heteroatoms. The van der Waals surface area contributed by atoms with Crippen LogP contribution in [0.2, 0.25) is 0 Å². The molecule has 0 atom stereocenters. The van der Waals surface area contributed by atoms with E-state index in [9.17, 15) is 0 Å². The molecule has 0 saturated heterocycles. The highest BCUT2D eigenvalue weighted by molar-refractivity contribution is 5.82. The Morgan fingerprint density at radius 2 is 2.14 bits per heavy atom. The van der Waals surface area contributed by atoms with Crippen molar-refractivity contribution in [2.24, 2.45) is 0 Å². The quantitative estimate of drug-likeness (QED) is 0.631. The maximum Gasteiger partial charge on any atom is 0.134 e. The molecule has 2 aromatic heterocycles. The van der Waals surface area contributed by atoms with Crippen molar-refractivity contribution in [3.05, 3.63) is 42.8 Å². The first-order chi connectivity index (χ1) is 6.93. The molecule has 68 valence electrons. The molecule has 0 unspecified atom stereocenters. The number of aromatic amines is 1. The number of H-pyrrole nitrogens is 1. The van der Waals surface area contributed by atoms with E-state index in [1.807, 2.05) is 30.3 Å². The van der Waals surface area contributed by atoms with Gasteiger partial charge in [-0.2, -0.15) is 5.10 Å². The zero-order valence-corrected chi connectivity index (χ0v) is 7.40. The number of fused-ring (bicyclic) bond motifs is 1. The summed E-state index contributed by atoms with van der Waals surface area (Å²) in [6.07, 6.45) is 3.43. The first kappa shape index (κ1) is 7.38. The molecule has 14 heavy (non-hydrogen) atoms. The lowest BCUT2D eigenvalue weighted by atomic mass is 10.1. The summed E-state index contributed by atoms with van der Waals surface area (Å²) in [5, 5.41) is 7.95. The lowest BCUT2D eigenvalue weighted by Gasteiger charge is -1.96. The van der Waals surface area contributed by atoms with Crippen LogP contribution in [0.5, 0.6) is 0 Å². The van der Waals surface area contributed by atoms with Crippen molar-refractivity contribution in [1.29, 1.82) is 0 Å². The molecule has 3 rings (SSSR count). The third-order valence-corrected chi connectivity index (χ3v) is 2.27. The number of rotatable bonds is 1. The lowest BCUT2D eigenvalue weighted by Crippen LogP contribution is -1.76. The highest BCUT2D eigenvalue weighted by Crippen LogP contribution is 2.23. The van der Waals surface area contributed by atoms with Crippen LogP contribution in [-0.2, 0) is 0 Å². The molecule has 0 fully saturated rings. The lowest BCUT2D eigenvalue weighted by molar-refractivity contribution is 0.616.